The summed E-state index contributed by atoms with van der Waals surface area (Å²) in [5.41, 5.74) is 1.50. The molecule has 1 aliphatic rings. The summed E-state index contributed by atoms with van der Waals surface area (Å²) in [5.74, 6) is -0.584. The number of aromatic nitrogens is 1. The molecule has 2 aromatic rings. The van der Waals surface area contributed by atoms with Crippen LogP contribution in [0.15, 0.2) is 34.9 Å². The third-order valence-electron chi connectivity index (χ3n) is 3.55. The number of hydrogen-bond acceptors (Lipinski definition) is 5. The van der Waals surface area contributed by atoms with Crippen LogP contribution in [0.2, 0.25) is 0 Å². The van der Waals surface area contributed by atoms with Crippen LogP contribution in [0, 0.1) is 6.92 Å². The molecule has 3 rings (SSSR count). The molecule has 0 radical (unpaired) electrons. The van der Waals surface area contributed by atoms with Crippen LogP contribution in [0.4, 0.5) is 5.88 Å². The minimum atomic E-state index is -0.308. The van der Waals surface area contributed by atoms with Crippen LogP contribution in [-0.2, 0) is 4.79 Å². The maximum absolute atomic E-state index is 12.2. The summed E-state index contributed by atoms with van der Waals surface area (Å²) >= 11 is 0. The molecule has 7 nitrogen and oxygen atoms in total. The molecular formula is C16H15N3O4. The van der Waals surface area contributed by atoms with E-state index in [4.69, 9.17) is 4.52 Å². The van der Waals surface area contributed by atoms with E-state index in [9.17, 15) is 14.4 Å². The Balaban J connectivity index is 1.52. The smallest absolute Gasteiger partial charge is 0.261 e. The molecule has 0 saturated carbocycles. The van der Waals surface area contributed by atoms with Crippen LogP contribution in [0.1, 0.15) is 39.3 Å². The van der Waals surface area contributed by atoms with E-state index in [1.54, 1.807) is 37.3 Å². The molecule has 1 aromatic carbocycles. The minimum Gasteiger partial charge on any atom is -0.338 e. The van der Waals surface area contributed by atoms with E-state index in [2.05, 4.69) is 10.5 Å². The van der Waals surface area contributed by atoms with E-state index in [1.165, 1.54) is 4.90 Å². The topological polar surface area (TPSA) is 92.5 Å². The highest BCUT2D eigenvalue weighted by Crippen LogP contribution is 2.22. The normalized spacial score (nSPS) is 13.3. The lowest BCUT2D eigenvalue weighted by Crippen LogP contribution is -2.31. The molecule has 2 heterocycles. The van der Waals surface area contributed by atoms with E-state index in [0.29, 0.717) is 23.2 Å². The van der Waals surface area contributed by atoms with E-state index < -0.39 is 0 Å². The first kappa shape index (κ1) is 15.0. The zero-order valence-electron chi connectivity index (χ0n) is 12.5. The Hall–Kier alpha value is -2.96. The van der Waals surface area contributed by atoms with Crippen LogP contribution >= 0.6 is 0 Å². The number of hydrogen-bond donors (Lipinski definition) is 1. The summed E-state index contributed by atoms with van der Waals surface area (Å²) in [4.78, 5) is 37.3. The number of nitrogens with zero attached hydrogens (tertiary/aromatic N) is 2. The summed E-state index contributed by atoms with van der Waals surface area (Å²) in [7, 11) is 0. The van der Waals surface area contributed by atoms with Crippen molar-refractivity contribution in [2.75, 3.05) is 11.9 Å². The van der Waals surface area contributed by atoms with Crippen LogP contribution < -0.4 is 5.32 Å². The zero-order chi connectivity index (χ0) is 16.4. The monoisotopic (exact) mass is 313 g/mol. The molecule has 23 heavy (non-hydrogen) atoms. The third kappa shape index (κ3) is 2.98. The Morgan fingerprint density at radius 3 is 2.43 bits per heavy atom. The molecule has 3 amide bonds. The molecule has 118 valence electrons. The molecule has 0 fully saturated rings. The lowest BCUT2D eigenvalue weighted by Gasteiger charge is -2.13. The summed E-state index contributed by atoms with van der Waals surface area (Å²) < 4.78 is 4.89. The van der Waals surface area contributed by atoms with Gasteiger partial charge < -0.3 is 4.52 Å². The Kier molecular flexibility index (Phi) is 3.92. The fraction of sp³-hybridized carbons (Fsp3) is 0.250. The average Bonchev–Trinajstić information content (AvgIpc) is 3.04. The number of nitrogens with one attached hydrogen (secondary N) is 1. The molecule has 0 bridgehead atoms. The number of aryl methyl sites for hydroxylation is 1. The highest BCUT2D eigenvalue weighted by molar-refractivity contribution is 6.21. The fourth-order valence-electron chi connectivity index (χ4n) is 2.46. The van der Waals surface area contributed by atoms with Gasteiger partial charge in [-0.1, -0.05) is 17.3 Å². The SMILES string of the molecule is Cc1cc(NC(=O)CCCN2C(=O)c3ccccc3C2=O)on1. The Morgan fingerprint density at radius 2 is 1.87 bits per heavy atom. The van der Waals surface area contributed by atoms with E-state index in [-0.39, 0.29) is 36.6 Å². The summed E-state index contributed by atoms with van der Waals surface area (Å²) in [6.45, 7) is 1.95. The second kappa shape index (κ2) is 6.04. The molecule has 0 spiro atoms. The van der Waals surface area contributed by atoms with Crippen LogP contribution in [0.25, 0.3) is 0 Å². The van der Waals surface area contributed by atoms with Gasteiger partial charge in [0, 0.05) is 19.0 Å². The number of anilines is 1. The van der Waals surface area contributed by atoms with Gasteiger partial charge in [-0.3, -0.25) is 24.6 Å². The number of carbonyl (C=O) groups excluding carboxylic acids is 3. The van der Waals surface area contributed by atoms with Crippen LogP contribution in [0.5, 0.6) is 0 Å². The van der Waals surface area contributed by atoms with Crippen molar-refractivity contribution in [3.8, 4) is 0 Å². The standard InChI is InChI=1S/C16H15N3O4/c1-10-9-14(23-18-10)17-13(20)7-4-8-19-15(21)11-5-2-3-6-12(11)16(19)22/h2-3,5-6,9H,4,7-8H2,1H3,(H,17,20). The molecule has 0 saturated heterocycles. The molecule has 0 atom stereocenters. The lowest BCUT2D eigenvalue weighted by molar-refractivity contribution is -0.116. The van der Waals surface area contributed by atoms with E-state index in [1.807, 2.05) is 0 Å². The predicted octanol–water partition coefficient (Wildman–Crippen LogP) is 2.00. The van der Waals surface area contributed by atoms with Crippen LogP contribution in [-0.4, -0.2) is 34.3 Å². The molecule has 0 unspecified atom stereocenters. The molecular weight excluding hydrogens is 298 g/mol. The molecule has 1 aromatic heterocycles. The van der Waals surface area contributed by atoms with Crippen molar-refractivity contribution >= 4 is 23.6 Å². The van der Waals surface area contributed by atoms with Gasteiger partial charge >= 0.3 is 0 Å². The van der Waals surface area contributed by atoms with Crippen LogP contribution in [0.3, 0.4) is 0 Å². The first-order chi connectivity index (χ1) is 11.1. The van der Waals surface area contributed by atoms with Gasteiger partial charge in [-0.2, -0.15) is 0 Å². The summed E-state index contributed by atoms with van der Waals surface area (Å²) in [6, 6.07) is 8.33. The van der Waals surface area contributed by atoms with Gasteiger partial charge in [-0.15, -0.1) is 0 Å². The maximum atomic E-state index is 12.2. The lowest BCUT2D eigenvalue weighted by atomic mass is 10.1. The summed E-state index contributed by atoms with van der Waals surface area (Å²) in [6.07, 6.45) is 0.553. The largest absolute Gasteiger partial charge is 0.338 e. The number of benzene rings is 1. The highest BCUT2D eigenvalue weighted by atomic mass is 16.5. The van der Waals surface area contributed by atoms with Crippen molar-refractivity contribution in [2.45, 2.75) is 19.8 Å². The molecule has 1 N–H and O–H groups in total. The molecule has 7 heteroatoms. The van der Waals surface area contributed by atoms with E-state index >= 15 is 0 Å². The van der Waals surface area contributed by atoms with Gasteiger partial charge in [0.1, 0.15) is 0 Å². The number of fused-ring (bicyclic) bond motifs is 1. The van der Waals surface area contributed by atoms with E-state index in [0.717, 1.165) is 0 Å². The van der Waals surface area contributed by atoms with Gasteiger partial charge in [0.15, 0.2) is 0 Å². The summed E-state index contributed by atoms with van der Waals surface area (Å²) in [5, 5.41) is 6.24. The second-order valence-electron chi connectivity index (χ2n) is 5.29. The predicted molar refractivity (Wildman–Crippen MR) is 80.9 cm³/mol. The third-order valence-corrected chi connectivity index (χ3v) is 3.55. The van der Waals surface area contributed by atoms with Crippen molar-refractivity contribution in [1.29, 1.82) is 0 Å². The minimum absolute atomic E-state index is 0.174. The number of rotatable bonds is 5. The van der Waals surface area contributed by atoms with Gasteiger partial charge in [0.25, 0.3) is 11.8 Å². The number of carbonyl (C=O) groups is 3. The highest BCUT2D eigenvalue weighted by Gasteiger charge is 2.34. The quantitative estimate of drug-likeness (QED) is 0.852. The zero-order valence-corrected chi connectivity index (χ0v) is 12.5. The average molecular weight is 313 g/mol. The van der Waals surface area contributed by atoms with Crippen molar-refractivity contribution in [1.82, 2.24) is 10.1 Å². The van der Waals surface area contributed by atoms with Gasteiger partial charge in [-0.25, -0.2) is 0 Å². The van der Waals surface area contributed by atoms with Crippen molar-refractivity contribution < 1.29 is 18.9 Å². The van der Waals surface area contributed by atoms with Gasteiger partial charge in [0.05, 0.1) is 16.8 Å². The fourth-order valence-corrected chi connectivity index (χ4v) is 2.46. The first-order valence-corrected chi connectivity index (χ1v) is 7.24. The number of imide groups is 1. The number of amides is 3. The first-order valence-electron chi connectivity index (χ1n) is 7.24. The van der Waals surface area contributed by atoms with Gasteiger partial charge in [-0.05, 0) is 25.5 Å². The van der Waals surface area contributed by atoms with Gasteiger partial charge in [0.2, 0.25) is 11.8 Å². The van der Waals surface area contributed by atoms with Crippen molar-refractivity contribution in [3.63, 3.8) is 0 Å². The Morgan fingerprint density at radius 1 is 1.22 bits per heavy atom. The second-order valence-corrected chi connectivity index (χ2v) is 5.29. The molecule has 0 aliphatic carbocycles. The maximum Gasteiger partial charge on any atom is 0.261 e. The Bertz CT molecular complexity index is 746. The van der Waals surface area contributed by atoms with Crippen molar-refractivity contribution in [2.24, 2.45) is 0 Å². The van der Waals surface area contributed by atoms with Crippen molar-refractivity contribution in [3.05, 3.63) is 47.2 Å². The molecule has 1 aliphatic heterocycles. The Labute approximate surface area is 132 Å².